The van der Waals surface area contributed by atoms with Gasteiger partial charge in [0.2, 0.25) is 0 Å². The van der Waals surface area contributed by atoms with Crippen molar-refractivity contribution < 1.29 is 17.6 Å². The highest BCUT2D eigenvalue weighted by molar-refractivity contribution is 14.2. The smallest absolute Gasteiger partial charge is 0.199 e. The molecule has 7 heteroatoms. The van der Waals surface area contributed by atoms with E-state index in [2.05, 4.69) is 6.68 Å². The molecule has 0 atom stereocenters. The van der Waals surface area contributed by atoms with Gasteiger partial charge in [-0.15, -0.1) is 0 Å². The summed E-state index contributed by atoms with van der Waals surface area (Å²) in [5.74, 6) is -6.45. The number of fused-ring (bicyclic) bond motifs is 1. The van der Waals surface area contributed by atoms with E-state index >= 15 is 0 Å². The Balaban J connectivity index is 2.82. The highest BCUT2D eigenvalue weighted by atomic mass is 127. The molecule has 1 aliphatic rings. The van der Waals surface area contributed by atoms with E-state index in [0.29, 0.717) is 0 Å². The molecule has 1 aromatic carbocycles. The summed E-state index contributed by atoms with van der Waals surface area (Å²) in [5.41, 5.74) is -0.812. The largest absolute Gasteiger partial charge is 0.315 e. The normalized spacial score (nSPS) is 13.5. The Hall–Kier alpha value is -0.730. The molecule has 0 radical (unpaired) electrons. The number of rotatable bonds is 0. The van der Waals surface area contributed by atoms with E-state index < -0.39 is 50.3 Å². The standard InChI is InChI=1S/C6HF4IN2/c7-1-2(8)4(10)6-5(3(1)9)12-11-13-6/h(H,12,13). The SMILES string of the molecule is Fc1c(F)c(F)c2c(c1F)N=IN2. The first-order chi connectivity index (χ1) is 6.13. The number of nitrogens with one attached hydrogen (secondary N) is 1. The number of nitrogens with zero attached hydrogens (tertiary/aromatic N) is 1. The van der Waals surface area contributed by atoms with Crippen molar-refractivity contribution in [2.75, 3.05) is 3.53 Å². The number of hydrogen-bond acceptors (Lipinski definition) is 2. The molecule has 1 aliphatic heterocycles. The van der Waals surface area contributed by atoms with E-state index in [4.69, 9.17) is 0 Å². The molecule has 0 aliphatic carbocycles. The lowest BCUT2D eigenvalue weighted by Crippen LogP contribution is -1.98. The third kappa shape index (κ3) is 1.13. The summed E-state index contributed by atoms with van der Waals surface area (Å²) in [7, 11) is 0. The number of hydrogen-bond donors (Lipinski definition) is 1. The van der Waals surface area contributed by atoms with Gasteiger partial charge in [0.05, 0.1) is 0 Å². The van der Waals surface area contributed by atoms with Crippen LogP contribution in [0.2, 0.25) is 0 Å². The van der Waals surface area contributed by atoms with Crippen molar-refractivity contribution in [3.63, 3.8) is 0 Å². The van der Waals surface area contributed by atoms with Gasteiger partial charge in [-0.1, -0.05) is 0 Å². The maximum Gasteiger partial charge on any atom is 0.199 e. The van der Waals surface area contributed by atoms with Crippen LogP contribution in [0.3, 0.4) is 0 Å². The van der Waals surface area contributed by atoms with Crippen LogP contribution in [0.5, 0.6) is 0 Å². The summed E-state index contributed by atoms with van der Waals surface area (Å²) < 4.78 is 56.8. The second kappa shape index (κ2) is 2.89. The molecule has 0 saturated carbocycles. The minimum absolute atomic E-state index is 0.371. The summed E-state index contributed by atoms with van der Waals surface area (Å²) in [4.78, 5) is 0. The van der Waals surface area contributed by atoms with Gasteiger partial charge in [0, 0.05) is 0 Å². The first-order valence-electron chi connectivity index (χ1n) is 3.09. The van der Waals surface area contributed by atoms with Gasteiger partial charge in [-0.05, 0) is 0 Å². The van der Waals surface area contributed by atoms with Gasteiger partial charge in [-0.25, -0.2) is 20.7 Å². The summed E-state index contributed by atoms with van der Waals surface area (Å²) in [6.45, 7) is 0. The van der Waals surface area contributed by atoms with Gasteiger partial charge >= 0.3 is 0 Å². The lowest BCUT2D eigenvalue weighted by molar-refractivity contribution is 0.413. The van der Waals surface area contributed by atoms with Crippen LogP contribution in [0.15, 0.2) is 3.15 Å². The Morgan fingerprint density at radius 3 is 2.23 bits per heavy atom. The molecule has 0 aromatic heterocycles. The van der Waals surface area contributed by atoms with E-state index in [1.807, 2.05) is 0 Å². The topological polar surface area (TPSA) is 24.4 Å². The predicted octanol–water partition coefficient (Wildman–Crippen LogP) is 3.37. The first kappa shape index (κ1) is 8.85. The van der Waals surface area contributed by atoms with Gasteiger partial charge in [-0.2, -0.15) is 0 Å². The molecule has 0 amide bonds. The Labute approximate surface area is 80.5 Å². The quantitative estimate of drug-likeness (QED) is 0.257. The molecular formula is C6HF4IN2. The highest BCUT2D eigenvalue weighted by Gasteiger charge is 2.27. The molecule has 0 fully saturated rings. The van der Waals surface area contributed by atoms with E-state index in [1.54, 1.807) is 0 Å². The van der Waals surface area contributed by atoms with Crippen molar-refractivity contribution in [3.05, 3.63) is 23.3 Å². The number of halogens is 5. The highest BCUT2D eigenvalue weighted by Crippen LogP contribution is 2.42. The van der Waals surface area contributed by atoms with Crippen molar-refractivity contribution in [2.45, 2.75) is 0 Å². The third-order valence-electron chi connectivity index (χ3n) is 1.51. The predicted molar refractivity (Wildman–Crippen MR) is 46.0 cm³/mol. The van der Waals surface area contributed by atoms with E-state index in [9.17, 15) is 17.6 Å². The fourth-order valence-corrected chi connectivity index (χ4v) is 2.44. The van der Waals surface area contributed by atoms with E-state index in [0.717, 1.165) is 0 Å². The zero-order valence-electron chi connectivity index (χ0n) is 5.84. The van der Waals surface area contributed by atoms with Gasteiger partial charge < -0.3 is 3.53 Å². The molecular weight excluding hydrogens is 303 g/mol. The maximum absolute atomic E-state index is 12.9. The monoisotopic (exact) mass is 304 g/mol. The van der Waals surface area contributed by atoms with Gasteiger partial charge in [-0.3, -0.25) is 0 Å². The second-order valence-corrected chi connectivity index (χ2v) is 3.75. The van der Waals surface area contributed by atoms with Crippen molar-refractivity contribution >= 4 is 32.7 Å². The molecule has 2 rings (SSSR count). The van der Waals surface area contributed by atoms with Crippen LogP contribution in [0.4, 0.5) is 28.9 Å². The Morgan fingerprint density at radius 1 is 0.923 bits per heavy atom. The molecule has 0 bridgehead atoms. The average molecular weight is 304 g/mol. The molecule has 2 nitrogen and oxygen atoms in total. The van der Waals surface area contributed by atoms with Gasteiger partial charge in [0.15, 0.2) is 23.3 Å². The lowest BCUT2D eigenvalue weighted by Gasteiger charge is -2.02. The van der Waals surface area contributed by atoms with Crippen LogP contribution in [0.25, 0.3) is 0 Å². The summed E-state index contributed by atoms with van der Waals surface area (Å²) in [6, 6.07) is 0. The minimum atomic E-state index is -1.81. The molecule has 0 spiro atoms. The van der Waals surface area contributed by atoms with Crippen molar-refractivity contribution in [1.29, 1.82) is 0 Å². The first-order valence-corrected chi connectivity index (χ1v) is 5.13. The lowest BCUT2D eigenvalue weighted by atomic mass is 10.2. The average Bonchev–Trinajstić information content (AvgIpc) is 2.59. The van der Waals surface area contributed by atoms with Gasteiger partial charge in [0.25, 0.3) is 0 Å². The maximum atomic E-state index is 12.9. The fourth-order valence-electron chi connectivity index (χ4n) is 0.891. The minimum Gasteiger partial charge on any atom is -0.315 e. The summed E-state index contributed by atoms with van der Waals surface area (Å²) in [5, 5.41) is 0. The molecule has 0 unspecified atom stereocenters. The Bertz CT molecular complexity index is 418. The molecule has 13 heavy (non-hydrogen) atoms. The van der Waals surface area contributed by atoms with Crippen LogP contribution in [0.1, 0.15) is 0 Å². The number of benzene rings is 1. The second-order valence-electron chi connectivity index (χ2n) is 2.24. The molecule has 1 aromatic rings. The van der Waals surface area contributed by atoms with E-state index in [1.165, 1.54) is 0 Å². The van der Waals surface area contributed by atoms with Crippen molar-refractivity contribution in [1.82, 2.24) is 0 Å². The Morgan fingerprint density at radius 2 is 1.54 bits per heavy atom. The summed E-state index contributed by atoms with van der Waals surface area (Å²) >= 11 is -0.985. The molecule has 1 N–H and O–H groups in total. The van der Waals surface area contributed by atoms with Crippen LogP contribution < -0.4 is 3.53 Å². The zero-order valence-corrected chi connectivity index (χ0v) is 7.99. The van der Waals surface area contributed by atoms with Crippen LogP contribution in [-0.2, 0) is 0 Å². The van der Waals surface area contributed by atoms with Crippen LogP contribution in [-0.4, -0.2) is 0 Å². The van der Waals surface area contributed by atoms with Crippen molar-refractivity contribution in [2.24, 2.45) is 3.15 Å². The zero-order chi connectivity index (χ0) is 9.59. The number of anilines is 1. The molecule has 1 heterocycles. The molecule has 70 valence electrons. The van der Waals surface area contributed by atoms with E-state index in [-0.39, 0.29) is 5.69 Å². The molecule has 0 saturated heterocycles. The van der Waals surface area contributed by atoms with Crippen LogP contribution >= 0.6 is 21.3 Å². The van der Waals surface area contributed by atoms with Crippen molar-refractivity contribution in [3.8, 4) is 0 Å². The summed E-state index contributed by atoms with van der Waals surface area (Å²) in [6.07, 6.45) is 0. The Kier molecular flexibility index (Phi) is 1.97. The third-order valence-corrected chi connectivity index (χ3v) is 3.01. The van der Waals surface area contributed by atoms with Gasteiger partial charge in [0.1, 0.15) is 32.7 Å². The van der Waals surface area contributed by atoms with Crippen LogP contribution in [0, 0.1) is 23.3 Å². The fraction of sp³-hybridized carbons (Fsp3) is 0.